The van der Waals surface area contributed by atoms with Crippen molar-refractivity contribution in [3.63, 3.8) is 0 Å². The van der Waals surface area contributed by atoms with E-state index in [1.165, 1.54) is 6.92 Å². The Hall–Kier alpha value is -2.85. The molecule has 1 aromatic heterocycles. The Bertz CT molecular complexity index is 1200. The number of carbonyl (C=O) groups is 1. The van der Waals surface area contributed by atoms with E-state index in [1.54, 1.807) is 10.9 Å². The van der Waals surface area contributed by atoms with Gasteiger partial charge >= 0.3 is 0 Å². The monoisotopic (exact) mass is 443 g/mol. The molecule has 3 atom stereocenters. The van der Waals surface area contributed by atoms with Crippen LogP contribution in [0.2, 0.25) is 0 Å². The van der Waals surface area contributed by atoms with Gasteiger partial charge in [-0.15, -0.1) is 0 Å². The molecule has 1 aliphatic carbocycles. The van der Waals surface area contributed by atoms with Gasteiger partial charge in [-0.2, -0.15) is 5.10 Å². The molecule has 9 heteroatoms. The number of hydrogen-bond acceptors (Lipinski definition) is 6. The first-order valence-electron chi connectivity index (χ1n) is 9.85. The van der Waals surface area contributed by atoms with Crippen molar-refractivity contribution in [1.29, 1.82) is 0 Å². The molecule has 1 fully saturated rings. The second-order valence-electron chi connectivity index (χ2n) is 8.15. The van der Waals surface area contributed by atoms with Crippen LogP contribution in [0.5, 0.6) is 0 Å². The van der Waals surface area contributed by atoms with Gasteiger partial charge in [0.25, 0.3) is 0 Å². The number of aliphatic hydroxyl groups is 1. The molecule has 1 amide bonds. The zero-order valence-corrected chi connectivity index (χ0v) is 18.3. The number of amides is 1. The zero-order chi connectivity index (χ0) is 22.6. The van der Waals surface area contributed by atoms with E-state index in [0.29, 0.717) is 17.5 Å². The van der Waals surface area contributed by atoms with E-state index in [-0.39, 0.29) is 31.9 Å². The number of hydroxylamine groups is 2. The predicted octanol–water partition coefficient (Wildman–Crippen LogP) is 1.06. The van der Waals surface area contributed by atoms with Crippen LogP contribution in [0, 0.1) is 35.5 Å². The molecule has 8 nitrogen and oxygen atoms in total. The highest BCUT2D eigenvalue weighted by Gasteiger charge is 2.37. The minimum absolute atomic E-state index is 0.170. The Morgan fingerprint density at radius 2 is 2.16 bits per heavy atom. The van der Waals surface area contributed by atoms with Gasteiger partial charge < -0.3 is 5.11 Å². The first kappa shape index (κ1) is 22.8. The third-order valence-corrected chi connectivity index (χ3v) is 7.74. The number of aliphatic hydroxyl groups excluding tert-OH is 1. The Kier molecular flexibility index (Phi) is 6.71. The number of carbonyl (C=O) groups excluding carboxylic acids is 1. The van der Waals surface area contributed by atoms with Crippen LogP contribution >= 0.6 is 0 Å². The van der Waals surface area contributed by atoms with Crippen LogP contribution in [0.1, 0.15) is 25.3 Å². The van der Waals surface area contributed by atoms with Crippen molar-refractivity contribution >= 4 is 27.2 Å². The summed E-state index contributed by atoms with van der Waals surface area (Å²) in [5, 5.41) is 24.2. The predicted molar refractivity (Wildman–Crippen MR) is 115 cm³/mol. The molecule has 1 heterocycles. The summed E-state index contributed by atoms with van der Waals surface area (Å²) >= 11 is 0. The number of aryl methyl sites for hydroxylation is 1. The number of nitrogens with zero attached hydrogens (tertiary/aromatic N) is 3. The Morgan fingerprint density at radius 1 is 1.39 bits per heavy atom. The van der Waals surface area contributed by atoms with E-state index in [9.17, 15) is 18.4 Å². The van der Waals surface area contributed by atoms with Crippen molar-refractivity contribution in [3.8, 4) is 23.7 Å². The fraction of sp³-hybridized carbons (Fsp3) is 0.455. The average molecular weight is 444 g/mol. The minimum Gasteiger partial charge on any atom is -0.396 e. The number of rotatable bonds is 8. The van der Waals surface area contributed by atoms with Crippen LogP contribution in [0.3, 0.4) is 0 Å². The maximum Gasteiger partial charge on any atom is 0.233 e. The standard InChI is InChI=1S/C22H25N3O5S/c1-22(31(2,29)30,15-25(28)16-27)9-10-24-13-19-11-17(7-8-21(19)23-24)5-3-4-6-18-12-20(18)14-26/h7-8,11,13,16,18,20,26,28H,9-10,12,14-15H2,1-2H3/t18?,20-,22-/m1/s1. The summed E-state index contributed by atoms with van der Waals surface area (Å²) in [5.74, 6) is 12.2. The molecule has 0 spiro atoms. The molecular weight excluding hydrogens is 418 g/mol. The summed E-state index contributed by atoms with van der Waals surface area (Å²) in [4.78, 5) is 10.7. The van der Waals surface area contributed by atoms with Gasteiger partial charge in [0, 0.05) is 42.5 Å². The van der Waals surface area contributed by atoms with E-state index in [1.807, 2.05) is 18.2 Å². The van der Waals surface area contributed by atoms with Gasteiger partial charge in [0.05, 0.1) is 16.8 Å². The van der Waals surface area contributed by atoms with E-state index < -0.39 is 14.6 Å². The molecule has 1 saturated carbocycles. The highest BCUT2D eigenvalue weighted by Crippen LogP contribution is 2.36. The highest BCUT2D eigenvalue weighted by molar-refractivity contribution is 7.92. The largest absolute Gasteiger partial charge is 0.396 e. The SMILES string of the molecule is C[C@@](CCn1cc2cc(C#CC#CC3C[C@@H]3CO)ccc2n1)(CN(O)C=O)S(C)(=O)=O. The fourth-order valence-electron chi connectivity index (χ4n) is 3.24. The number of benzene rings is 1. The minimum atomic E-state index is -3.54. The summed E-state index contributed by atoms with van der Waals surface area (Å²) < 4.78 is 24.8. The van der Waals surface area contributed by atoms with Crippen molar-refractivity contribution in [3.05, 3.63) is 30.0 Å². The molecule has 1 unspecified atom stereocenters. The van der Waals surface area contributed by atoms with Crippen molar-refractivity contribution in [1.82, 2.24) is 14.8 Å². The van der Waals surface area contributed by atoms with Crippen LogP contribution in [0.4, 0.5) is 0 Å². The van der Waals surface area contributed by atoms with Crippen molar-refractivity contribution in [2.24, 2.45) is 11.8 Å². The molecule has 1 aliphatic rings. The Morgan fingerprint density at radius 3 is 2.81 bits per heavy atom. The second-order valence-corrected chi connectivity index (χ2v) is 10.7. The highest BCUT2D eigenvalue weighted by atomic mass is 32.2. The molecule has 0 bridgehead atoms. The summed E-state index contributed by atoms with van der Waals surface area (Å²) in [6.45, 7) is 1.64. The summed E-state index contributed by atoms with van der Waals surface area (Å²) in [6.07, 6.45) is 4.19. The molecule has 164 valence electrons. The zero-order valence-electron chi connectivity index (χ0n) is 17.4. The molecule has 1 aromatic carbocycles. The molecule has 2 N–H and O–H groups in total. The van der Waals surface area contributed by atoms with Crippen LogP contribution in [-0.4, -0.2) is 64.1 Å². The topological polar surface area (TPSA) is 113 Å². The summed E-state index contributed by atoms with van der Waals surface area (Å²) in [6, 6.07) is 5.57. The number of hydrogen-bond donors (Lipinski definition) is 2. The lowest BCUT2D eigenvalue weighted by atomic mass is 10.1. The van der Waals surface area contributed by atoms with E-state index in [2.05, 4.69) is 28.8 Å². The lowest BCUT2D eigenvalue weighted by Crippen LogP contribution is -2.45. The average Bonchev–Trinajstić information content (AvgIpc) is 3.36. The molecule has 31 heavy (non-hydrogen) atoms. The van der Waals surface area contributed by atoms with Crippen LogP contribution in [-0.2, 0) is 21.2 Å². The third-order valence-electron chi connectivity index (χ3n) is 5.62. The van der Waals surface area contributed by atoms with Crippen LogP contribution < -0.4 is 0 Å². The third kappa shape index (κ3) is 5.65. The maximum atomic E-state index is 12.2. The smallest absolute Gasteiger partial charge is 0.233 e. The number of aromatic nitrogens is 2. The first-order chi connectivity index (χ1) is 14.6. The molecule has 3 rings (SSSR count). The lowest BCUT2D eigenvalue weighted by molar-refractivity contribution is -0.151. The van der Waals surface area contributed by atoms with Crippen LogP contribution in [0.15, 0.2) is 24.4 Å². The normalized spacial score (nSPS) is 19.5. The quantitative estimate of drug-likeness (QED) is 0.273. The maximum absolute atomic E-state index is 12.2. The fourth-order valence-corrected chi connectivity index (χ4v) is 4.07. The van der Waals surface area contributed by atoms with E-state index in [4.69, 9.17) is 5.11 Å². The van der Waals surface area contributed by atoms with Crippen molar-refractivity contribution in [2.75, 3.05) is 19.4 Å². The van der Waals surface area contributed by atoms with Crippen molar-refractivity contribution in [2.45, 2.75) is 31.1 Å². The second kappa shape index (κ2) is 9.11. The van der Waals surface area contributed by atoms with Gasteiger partial charge in [-0.05, 0) is 55.7 Å². The van der Waals surface area contributed by atoms with Gasteiger partial charge in [-0.25, -0.2) is 13.5 Å². The Labute approximate surface area is 181 Å². The van der Waals surface area contributed by atoms with E-state index >= 15 is 0 Å². The number of fused-ring (bicyclic) bond motifs is 1. The van der Waals surface area contributed by atoms with Gasteiger partial charge in [-0.3, -0.25) is 14.7 Å². The van der Waals surface area contributed by atoms with Gasteiger partial charge in [0.15, 0.2) is 9.84 Å². The van der Waals surface area contributed by atoms with Crippen LogP contribution in [0.25, 0.3) is 10.9 Å². The molecule has 2 aromatic rings. The molecule has 0 saturated heterocycles. The molecule has 0 aliphatic heterocycles. The Balaban J connectivity index is 1.70. The molecular formula is C22H25N3O5S. The summed E-state index contributed by atoms with van der Waals surface area (Å²) in [5.41, 5.74) is 1.54. The van der Waals surface area contributed by atoms with Gasteiger partial charge in [0.1, 0.15) is 0 Å². The van der Waals surface area contributed by atoms with Gasteiger partial charge in [-0.1, -0.05) is 11.8 Å². The van der Waals surface area contributed by atoms with Crippen molar-refractivity contribution < 1.29 is 23.5 Å². The first-order valence-corrected chi connectivity index (χ1v) is 11.7. The summed E-state index contributed by atoms with van der Waals surface area (Å²) in [7, 11) is -3.54. The number of sulfone groups is 1. The van der Waals surface area contributed by atoms with Gasteiger partial charge in [0.2, 0.25) is 6.41 Å². The van der Waals surface area contributed by atoms with E-state index in [0.717, 1.165) is 29.1 Å². The lowest BCUT2D eigenvalue weighted by Gasteiger charge is -2.29. The molecule has 0 radical (unpaired) electrons.